The molecule has 0 saturated heterocycles. The minimum Gasteiger partial charge on any atom is -0.462 e. The van der Waals surface area contributed by atoms with Crippen LogP contribution in [0.1, 0.15) is 109 Å². The van der Waals surface area contributed by atoms with Gasteiger partial charge in [0.05, 0.1) is 12.2 Å². The quantitative estimate of drug-likeness (QED) is 0.232. The molecule has 0 aliphatic heterocycles. The van der Waals surface area contributed by atoms with Crippen LogP contribution in [0.2, 0.25) is 0 Å². The van der Waals surface area contributed by atoms with E-state index in [0.717, 1.165) is 38.0 Å². The highest BCUT2D eigenvalue weighted by atomic mass is 16.5. The average Bonchev–Trinajstić information content (AvgIpc) is 2.87. The molecule has 1 aromatic rings. The summed E-state index contributed by atoms with van der Waals surface area (Å²) in [5, 5.41) is 5.96. The second kappa shape index (κ2) is 15.6. The second-order valence-electron chi connectivity index (χ2n) is 10.1. The number of anilines is 1. The molecular weight excluding hydrogens is 440 g/mol. The number of rotatable bonds is 14. The minimum absolute atomic E-state index is 0.00417. The SMILES string of the molecule is CCCCCCCC1CCC(C(=O)N[C@H](C(=O)Nc2ccc(C(=O)OCC)cc2)[C@@H](C)CC)CC1. The third-order valence-corrected chi connectivity index (χ3v) is 7.39. The van der Waals surface area contributed by atoms with Crippen molar-refractivity contribution >= 4 is 23.5 Å². The summed E-state index contributed by atoms with van der Waals surface area (Å²) in [7, 11) is 0. The normalized spacial score (nSPS) is 19.4. The molecule has 35 heavy (non-hydrogen) atoms. The molecule has 0 radical (unpaired) electrons. The molecule has 1 aliphatic rings. The standard InChI is InChI=1S/C29H46N2O4/c1-5-8-9-10-11-12-22-13-15-23(16-14-22)27(32)31-26(21(4)6-2)28(33)30-25-19-17-24(18-20-25)29(34)35-7-3/h17-23,26H,5-16H2,1-4H3,(H,30,33)(H,31,32)/t21-,22?,23?,26-/m0/s1. The lowest BCUT2D eigenvalue weighted by Crippen LogP contribution is -2.49. The highest BCUT2D eigenvalue weighted by molar-refractivity contribution is 5.98. The van der Waals surface area contributed by atoms with Crippen LogP contribution in [0.4, 0.5) is 5.69 Å². The predicted octanol–water partition coefficient (Wildman–Crippen LogP) is 6.50. The molecule has 196 valence electrons. The Morgan fingerprint density at radius 2 is 1.60 bits per heavy atom. The fraction of sp³-hybridized carbons (Fsp3) is 0.690. The van der Waals surface area contributed by atoms with Gasteiger partial charge in [-0.05, 0) is 68.7 Å². The minimum atomic E-state index is -0.589. The molecule has 1 fully saturated rings. The van der Waals surface area contributed by atoms with Gasteiger partial charge in [0.25, 0.3) is 0 Å². The zero-order chi connectivity index (χ0) is 25.6. The highest BCUT2D eigenvalue weighted by Crippen LogP contribution is 2.32. The maximum atomic E-state index is 13.1. The van der Waals surface area contributed by atoms with Crippen LogP contribution in [0.15, 0.2) is 24.3 Å². The van der Waals surface area contributed by atoms with E-state index in [1.807, 2.05) is 13.8 Å². The lowest BCUT2D eigenvalue weighted by Gasteiger charge is -2.30. The molecule has 1 aliphatic carbocycles. The molecule has 0 spiro atoms. The van der Waals surface area contributed by atoms with Gasteiger partial charge in [0, 0.05) is 11.6 Å². The summed E-state index contributed by atoms with van der Waals surface area (Å²) in [6.45, 7) is 8.33. The first-order valence-corrected chi connectivity index (χ1v) is 13.8. The largest absolute Gasteiger partial charge is 0.462 e. The smallest absolute Gasteiger partial charge is 0.338 e. The third kappa shape index (κ3) is 9.65. The Morgan fingerprint density at radius 1 is 0.943 bits per heavy atom. The molecule has 2 rings (SSSR count). The van der Waals surface area contributed by atoms with Crippen molar-refractivity contribution in [3.05, 3.63) is 29.8 Å². The van der Waals surface area contributed by atoms with E-state index >= 15 is 0 Å². The maximum absolute atomic E-state index is 13.1. The molecule has 0 aromatic heterocycles. The van der Waals surface area contributed by atoms with E-state index < -0.39 is 6.04 Å². The van der Waals surface area contributed by atoms with Crippen molar-refractivity contribution in [1.82, 2.24) is 5.32 Å². The van der Waals surface area contributed by atoms with Gasteiger partial charge in [-0.25, -0.2) is 4.79 Å². The van der Waals surface area contributed by atoms with Crippen molar-refractivity contribution in [1.29, 1.82) is 0 Å². The number of carbonyl (C=O) groups excluding carboxylic acids is 3. The van der Waals surface area contributed by atoms with E-state index in [1.54, 1.807) is 31.2 Å². The summed E-state index contributed by atoms with van der Waals surface area (Å²) >= 11 is 0. The van der Waals surface area contributed by atoms with Gasteiger partial charge < -0.3 is 15.4 Å². The molecule has 2 amide bonds. The number of hydrogen-bond acceptors (Lipinski definition) is 4. The van der Waals surface area contributed by atoms with E-state index in [4.69, 9.17) is 4.74 Å². The number of benzene rings is 1. The topological polar surface area (TPSA) is 84.5 Å². The Morgan fingerprint density at radius 3 is 2.20 bits per heavy atom. The molecule has 6 nitrogen and oxygen atoms in total. The number of unbranched alkanes of at least 4 members (excludes halogenated alkanes) is 4. The summed E-state index contributed by atoms with van der Waals surface area (Å²) in [5.41, 5.74) is 1.03. The van der Waals surface area contributed by atoms with Gasteiger partial charge in [-0.15, -0.1) is 0 Å². The van der Waals surface area contributed by atoms with Crippen LogP contribution in [-0.2, 0) is 14.3 Å². The lowest BCUT2D eigenvalue weighted by atomic mass is 9.79. The van der Waals surface area contributed by atoms with Crippen LogP contribution in [0.5, 0.6) is 0 Å². The van der Waals surface area contributed by atoms with Crippen LogP contribution in [0.25, 0.3) is 0 Å². The van der Waals surface area contributed by atoms with Crippen molar-refractivity contribution in [2.45, 2.75) is 104 Å². The monoisotopic (exact) mass is 486 g/mol. The number of ether oxygens (including phenoxy) is 1. The number of esters is 1. The van der Waals surface area contributed by atoms with Crippen LogP contribution in [0.3, 0.4) is 0 Å². The Kier molecular flexibility index (Phi) is 12.9. The Labute approximate surface area is 212 Å². The number of hydrogen-bond donors (Lipinski definition) is 2. The number of nitrogens with one attached hydrogen (secondary N) is 2. The average molecular weight is 487 g/mol. The van der Waals surface area contributed by atoms with E-state index in [2.05, 4.69) is 17.6 Å². The van der Waals surface area contributed by atoms with Crippen LogP contribution in [-0.4, -0.2) is 30.4 Å². The first-order valence-electron chi connectivity index (χ1n) is 13.8. The fourth-order valence-corrected chi connectivity index (χ4v) is 4.85. The molecule has 0 unspecified atom stereocenters. The van der Waals surface area contributed by atoms with Crippen molar-refractivity contribution in [3.8, 4) is 0 Å². The summed E-state index contributed by atoms with van der Waals surface area (Å²) in [4.78, 5) is 38.0. The third-order valence-electron chi connectivity index (χ3n) is 7.39. The molecule has 0 bridgehead atoms. The summed E-state index contributed by atoms with van der Waals surface area (Å²) in [6, 6.07) is 6.04. The van der Waals surface area contributed by atoms with Crippen LogP contribution >= 0.6 is 0 Å². The van der Waals surface area contributed by atoms with Gasteiger partial charge in [0.1, 0.15) is 6.04 Å². The molecule has 0 heterocycles. The molecule has 2 N–H and O–H groups in total. The van der Waals surface area contributed by atoms with Gasteiger partial charge >= 0.3 is 5.97 Å². The van der Waals surface area contributed by atoms with Gasteiger partial charge in [0.2, 0.25) is 11.8 Å². The zero-order valence-electron chi connectivity index (χ0n) is 22.2. The summed E-state index contributed by atoms with van der Waals surface area (Å²) in [6.07, 6.45) is 12.7. The first-order chi connectivity index (χ1) is 16.9. The molecule has 6 heteroatoms. The number of amides is 2. The predicted molar refractivity (Wildman–Crippen MR) is 141 cm³/mol. The Bertz CT molecular complexity index is 784. The Balaban J connectivity index is 1.86. The maximum Gasteiger partial charge on any atom is 0.338 e. The second-order valence-corrected chi connectivity index (χ2v) is 10.1. The van der Waals surface area contributed by atoms with Gasteiger partial charge in [0.15, 0.2) is 0 Å². The Hall–Kier alpha value is -2.37. The number of carbonyl (C=O) groups is 3. The van der Waals surface area contributed by atoms with Crippen molar-refractivity contribution in [2.75, 3.05) is 11.9 Å². The molecule has 2 atom stereocenters. The van der Waals surface area contributed by atoms with Crippen molar-refractivity contribution in [2.24, 2.45) is 17.8 Å². The van der Waals surface area contributed by atoms with Gasteiger partial charge in [-0.3, -0.25) is 9.59 Å². The van der Waals surface area contributed by atoms with Crippen molar-refractivity contribution in [3.63, 3.8) is 0 Å². The van der Waals surface area contributed by atoms with E-state index in [0.29, 0.717) is 17.9 Å². The first kappa shape index (κ1) is 28.9. The van der Waals surface area contributed by atoms with Gasteiger partial charge in [-0.1, -0.05) is 65.7 Å². The van der Waals surface area contributed by atoms with E-state index in [1.165, 1.54) is 38.5 Å². The zero-order valence-corrected chi connectivity index (χ0v) is 22.2. The van der Waals surface area contributed by atoms with E-state index in [9.17, 15) is 14.4 Å². The van der Waals surface area contributed by atoms with E-state index in [-0.39, 0.29) is 29.6 Å². The lowest BCUT2D eigenvalue weighted by molar-refractivity contribution is -0.131. The molecular formula is C29H46N2O4. The van der Waals surface area contributed by atoms with Crippen molar-refractivity contribution < 1.29 is 19.1 Å². The van der Waals surface area contributed by atoms with Gasteiger partial charge in [-0.2, -0.15) is 0 Å². The summed E-state index contributed by atoms with van der Waals surface area (Å²) < 4.78 is 5.00. The van der Waals surface area contributed by atoms with Crippen LogP contribution in [0, 0.1) is 17.8 Å². The fourth-order valence-electron chi connectivity index (χ4n) is 4.85. The highest BCUT2D eigenvalue weighted by Gasteiger charge is 2.31. The molecule has 1 saturated carbocycles. The van der Waals surface area contributed by atoms with Crippen LogP contribution < -0.4 is 10.6 Å². The summed E-state index contributed by atoms with van der Waals surface area (Å²) in [5.74, 6) is 0.141. The molecule has 1 aromatic carbocycles.